The molecule has 0 radical (unpaired) electrons. The van der Waals surface area contributed by atoms with Crippen molar-refractivity contribution in [3.05, 3.63) is 23.8 Å². The van der Waals surface area contributed by atoms with Crippen molar-refractivity contribution in [2.75, 3.05) is 36.0 Å². The second-order valence-corrected chi connectivity index (χ2v) is 5.66. The van der Waals surface area contributed by atoms with Crippen LogP contribution in [0.15, 0.2) is 12.1 Å². The normalized spacial score (nSPS) is 22.1. The summed E-state index contributed by atoms with van der Waals surface area (Å²) in [6.45, 7) is 1.68. The smallest absolute Gasteiger partial charge is 0.414 e. The summed E-state index contributed by atoms with van der Waals surface area (Å²) in [6.07, 6.45) is 1.87. The predicted octanol–water partition coefficient (Wildman–Crippen LogP) is 2.24. The first-order valence-electron chi connectivity index (χ1n) is 7.52. The van der Waals surface area contributed by atoms with Crippen LogP contribution in [0.5, 0.6) is 0 Å². The van der Waals surface area contributed by atoms with E-state index in [1.807, 2.05) is 0 Å². The van der Waals surface area contributed by atoms with Crippen LogP contribution in [0.2, 0.25) is 0 Å². The van der Waals surface area contributed by atoms with Gasteiger partial charge in [-0.2, -0.15) is 0 Å². The molecule has 3 rings (SSSR count). The second kappa shape index (κ2) is 6.08. The maximum absolute atomic E-state index is 14.4. The molecule has 7 heteroatoms. The minimum atomic E-state index is -0.652. The molecular formula is C15H19F2N3O2. The molecule has 1 amide bonds. The van der Waals surface area contributed by atoms with Crippen LogP contribution in [-0.2, 0) is 4.74 Å². The van der Waals surface area contributed by atoms with Gasteiger partial charge in [-0.25, -0.2) is 13.6 Å². The van der Waals surface area contributed by atoms with Crippen molar-refractivity contribution >= 4 is 17.5 Å². The van der Waals surface area contributed by atoms with Crippen LogP contribution in [0.4, 0.5) is 25.0 Å². The molecule has 2 heterocycles. The average molecular weight is 311 g/mol. The van der Waals surface area contributed by atoms with Crippen LogP contribution < -0.4 is 15.5 Å². The number of amides is 1. The number of hydrogen-bond acceptors (Lipinski definition) is 4. The highest BCUT2D eigenvalue weighted by Gasteiger charge is 2.33. The van der Waals surface area contributed by atoms with E-state index in [0.717, 1.165) is 19.3 Å². The Hall–Kier alpha value is -1.89. The van der Waals surface area contributed by atoms with Crippen LogP contribution in [0.25, 0.3) is 0 Å². The number of hydrogen-bond donors (Lipinski definition) is 1. The number of nitrogens with two attached hydrogens (primary N) is 1. The number of rotatable bonds is 3. The third-order valence-electron chi connectivity index (χ3n) is 4.12. The molecule has 22 heavy (non-hydrogen) atoms. The third-order valence-corrected chi connectivity index (χ3v) is 4.12. The first-order chi connectivity index (χ1) is 10.6. The molecule has 2 aliphatic heterocycles. The molecular weight excluding hydrogens is 292 g/mol. The summed E-state index contributed by atoms with van der Waals surface area (Å²) in [4.78, 5) is 14.7. The molecule has 120 valence electrons. The molecule has 0 bridgehead atoms. The molecule has 2 aliphatic rings. The molecule has 2 N–H and O–H groups in total. The molecule has 2 saturated heterocycles. The molecule has 0 spiro atoms. The Morgan fingerprint density at radius 2 is 1.82 bits per heavy atom. The Balaban J connectivity index is 1.87. The number of piperidine rings is 1. The number of carbonyl (C=O) groups is 1. The minimum absolute atomic E-state index is 0.00797. The van der Waals surface area contributed by atoms with E-state index < -0.39 is 23.8 Å². The quantitative estimate of drug-likeness (QED) is 0.930. The SMILES string of the molecule is NCC1CN(c2cc(F)c(N3CCCCC3)c(F)c2)C(=O)O1. The Morgan fingerprint density at radius 1 is 1.18 bits per heavy atom. The van der Waals surface area contributed by atoms with E-state index in [4.69, 9.17) is 10.5 Å². The highest BCUT2D eigenvalue weighted by atomic mass is 19.1. The zero-order chi connectivity index (χ0) is 15.7. The Morgan fingerprint density at radius 3 is 2.36 bits per heavy atom. The summed E-state index contributed by atoms with van der Waals surface area (Å²) in [5.41, 5.74) is 5.61. The lowest BCUT2D eigenvalue weighted by Crippen LogP contribution is -2.31. The van der Waals surface area contributed by atoms with Gasteiger partial charge in [-0.3, -0.25) is 4.90 Å². The highest BCUT2D eigenvalue weighted by Crippen LogP contribution is 2.32. The van der Waals surface area contributed by atoms with Gasteiger partial charge in [-0.05, 0) is 19.3 Å². The number of cyclic esters (lactones) is 1. The molecule has 0 saturated carbocycles. The molecule has 1 aromatic rings. The molecule has 2 fully saturated rings. The van der Waals surface area contributed by atoms with Crippen LogP contribution in [0.1, 0.15) is 19.3 Å². The fraction of sp³-hybridized carbons (Fsp3) is 0.533. The van der Waals surface area contributed by atoms with Crippen molar-refractivity contribution in [2.45, 2.75) is 25.4 Å². The highest BCUT2D eigenvalue weighted by molar-refractivity contribution is 5.90. The van der Waals surface area contributed by atoms with Gasteiger partial charge in [0.25, 0.3) is 0 Å². The van der Waals surface area contributed by atoms with Crippen LogP contribution in [0.3, 0.4) is 0 Å². The Labute approximate surface area is 127 Å². The molecule has 1 aromatic carbocycles. The minimum Gasteiger partial charge on any atom is -0.443 e. The van der Waals surface area contributed by atoms with Crippen molar-refractivity contribution in [1.29, 1.82) is 0 Å². The lowest BCUT2D eigenvalue weighted by atomic mass is 10.1. The second-order valence-electron chi connectivity index (χ2n) is 5.66. The number of nitrogens with zero attached hydrogens (tertiary/aromatic N) is 2. The van der Waals surface area contributed by atoms with Gasteiger partial charge in [0.2, 0.25) is 0 Å². The van der Waals surface area contributed by atoms with E-state index in [0.29, 0.717) is 13.1 Å². The van der Waals surface area contributed by atoms with E-state index in [1.54, 1.807) is 4.90 Å². The summed E-state index contributed by atoms with van der Waals surface area (Å²) in [6, 6.07) is 2.38. The number of anilines is 2. The van der Waals surface area contributed by atoms with Gasteiger partial charge < -0.3 is 15.4 Å². The number of carbonyl (C=O) groups excluding carboxylic acids is 1. The van der Waals surface area contributed by atoms with Crippen molar-refractivity contribution < 1.29 is 18.3 Å². The van der Waals surface area contributed by atoms with Crippen LogP contribution in [0, 0.1) is 11.6 Å². The fourth-order valence-electron chi connectivity index (χ4n) is 2.98. The van der Waals surface area contributed by atoms with Crippen LogP contribution >= 0.6 is 0 Å². The predicted molar refractivity (Wildman–Crippen MR) is 79.1 cm³/mol. The van der Waals surface area contributed by atoms with E-state index in [1.165, 1.54) is 17.0 Å². The topological polar surface area (TPSA) is 58.8 Å². The van der Waals surface area contributed by atoms with Crippen LogP contribution in [-0.4, -0.2) is 38.4 Å². The zero-order valence-electron chi connectivity index (χ0n) is 12.2. The summed E-state index contributed by atoms with van der Waals surface area (Å²) in [7, 11) is 0. The first-order valence-corrected chi connectivity index (χ1v) is 7.52. The summed E-state index contributed by atoms with van der Waals surface area (Å²) in [5.74, 6) is -1.30. The Bertz CT molecular complexity index is 553. The molecule has 0 aliphatic carbocycles. The van der Waals surface area contributed by atoms with Crippen molar-refractivity contribution in [3.8, 4) is 0 Å². The van der Waals surface area contributed by atoms with E-state index >= 15 is 0 Å². The summed E-state index contributed by atoms with van der Waals surface area (Å²) < 4.78 is 33.8. The van der Waals surface area contributed by atoms with Gasteiger partial charge in [-0.1, -0.05) is 0 Å². The van der Waals surface area contributed by atoms with Crippen molar-refractivity contribution in [1.82, 2.24) is 0 Å². The van der Waals surface area contributed by atoms with E-state index in [9.17, 15) is 13.6 Å². The van der Waals surface area contributed by atoms with Gasteiger partial charge in [-0.15, -0.1) is 0 Å². The van der Waals surface area contributed by atoms with Gasteiger partial charge in [0.05, 0.1) is 12.2 Å². The van der Waals surface area contributed by atoms with Crippen molar-refractivity contribution in [2.24, 2.45) is 5.73 Å². The first kappa shape index (κ1) is 15.0. The monoisotopic (exact) mass is 311 g/mol. The van der Waals surface area contributed by atoms with Crippen molar-refractivity contribution in [3.63, 3.8) is 0 Å². The van der Waals surface area contributed by atoms with Gasteiger partial charge in [0, 0.05) is 31.8 Å². The molecule has 1 unspecified atom stereocenters. The maximum Gasteiger partial charge on any atom is 0.414 e. The third kappa shape index (κ3) is 2.72. The summed E-state index contributed by atoms with van der Waals surface area (Å²) >= 11 is 0. The van der Waals surface area contributed by atoms with Gasteiger partial charge in [0.15, 0.2) is 11.6 Å². The number of halogens is 2. The average Bonchev–Trinajstić information content (AvgIpc) is 2.89. The fourth-order valence-corrected chi connectivity index (χ4v) is 2.98. The lowest BCUT2D eigenvalue weighted by molar-refractivity contribution is 0.145. The number of ether oxygens (including phenoxy) is 1. The van der Waals surface area contributed by atoms with E-state index in [2.05, 4.69) is 0 Å². The largest absolute Gasteiger partial charge is 0.443 e. The summed E-state index contributed by atoms with van der Waals surface area (Å²) in [5, 5.41) is 0. The van der Waals surface area contributed by atoms with E-state index in [-0.39, 0.29) is 24.5 Å². The van der Waals surface area contributed by atoms with Gasteiger partial charge >= 0.3 is 6.09 Å². The zero-order valence-corrected chi connectivity index (χ0v) is 12.2. The molecule has 5 nitrogen and oxygen atoms in total. The Kier molecular flexibility index (Phi) is 4.15. The van der Waals surface area contributed by atoms with Gasteiger partial charge in [0.1, 0.15) is 11.8 Å². The maximum atomic E-state index is 14.4. The molecule has 0 aromatic heterocycles. The standard InChI is InChI=1S/C15H19F2N3O2/c16-12-6-10(20-9-11(8-18)22-15(20)21)7-13(17)14(12)19-4-2-1-3-5-19/h6-7,11H,1-5,8-9,18H2. The lowest BCUT2D eigenvalue weighted by Gasteiger charge is -2.29. The number of benzene rings is 1. The molecule has 1 atom stereocenters.